The molecule has 3 nitrogen and oxygen atoms in total. The maximum absolute atomic E-state index is 5.65. The molecule has 1 heterocycles. The van der Waals surface area contributed by atoms with Crippen molar-refractivity contribution in [2.45, 2.75) is 38.6 Å². The van der Waals surface area contributed by atoms with E-state index in [-0.39, 0.29) is 5.54 Å². The lowest BCUT2D eigenvalue weighted by molar-refractivity contribution is 0.171. The molecule has 2 aliphatic rings. The number of nitrogens with one attached hydrogen (secondary N) is 1. The van der Waals surface area contributed by atoms with Crippen LogP contribution in [0.25, 0.3) is 0 Å². The minimum atomic E-state index is 0.208. The van der Waals surface area contributed by atoms with E-state index in [1.807, 2.05) is 0 Å². The third-order valence-electron chi connectivity index (χ3n) is 3.81. The molecule has 0 amide bonds. The van der Waals surface area contributed by atoms with Crippen LogP contribution >= 0.6 is 0 Å². The summed E-state index contributed by atoms with van der Waals surface area (Å²) in [6.07, 6.45) is 1.28. The highest BCUT2D eigenvalue weighted by molar-refractivity contribution is 5.46. The van der Waals surface area contributed by atoms with Crippen LogP contribution in [-0.2, 0) is 0 Å². The van der Waals surface area contributed by atoms with Gasteiger partial charge < -0.3 is 14.8 Å². The number of benzene rings is 1. The molecular weight excluding hydrogens is 238 g/mol. The summed E-state index contributed by atoms with van der Waals surface area (Å²) < 4.78 is 11.2. The topological polar surface area (TPSA) is 30.5 Å². The van der Waals surface area contributed by atoms with Crippen LogP contribution in [-0.4, -0.2) is 25.3 Å². The van der Waals surface area contributed by atoms with E-state index in [0.29, 0.717) is 19.1 Å². The highest BCUT2D eigenvalue weighted by Gasteiger charge is 2.38. The van der Waals surface area contributed by atoms with Crippen molar-refractivity contribution < 1.29 is 9.47 Å². The molecule has 0 saturated heterocycles. The van der Waals surface area contributed by atoms with E-state index < -0.39 is 0 Å². The van der Waals surface area contributed by atoms with Gasteiger partial charge in [0.1, 0.15) is 13.2 Å². The molecule has 3 rings (SSSR count). The Labute approximate surface area is 115 Å². The van der Waals surface area contributed by atoms with Crippen LogP contribution in [0, 0.1) is 5.92 Å². The number of hydrogen-bond donors (Lipinski definition) is 1. The molecule has 2 atom stereocenters. The summed E-state index contributed by atoms with van der Waals surface area (Å²) in [6, 6.07) is 6.40. The van der Waals surface area contributed by atoms with Gasteiger partial charge in [0.15, 0.2) is 11.5 Å². The van der Waals surface area contributed by atoms with Crippen molar-refractivity contribution in [1.29, 1.82) is 0 Å². The number of hydrogen-bond acceptors (Lipinski definition) is 3. The zero-order valence-electron chi connectivity index (χ0n) is 12.0. The van der Waals surface area contributed by atoms with Crippen LogP contribution in [0.3, 0.4) is 0 Å². The average molecular weight is 261 g/mol. The van der Waals surface area contributed by atoms with Crippen LogP contribution in [0.2, 0.25) is 0 Å². The molecule has 1 aromatic carbocycles. The quantitative estimate of drug-likeness (QED) is 0.907. The van der Waals surface area contributed by atoms with Gasteiger partial charge in [-0.15, -0.1) is 0 Å². The van der Waals surface area contributed by atoms with E-state index in [4.69, 9.17) is 9.47 Å². The first-order valence-electron chi connectivity index (χ1n) is 7.17. The summed E-state index contributed by atoms with van der Waals surface area (Å²) >= 11 is 0. The molecule has 104 valence electrons. The summed E-state index contributed by atoms with van der Waals surface area (Å²) in [5, 5.41) is 3.59. The Bertz CT molecular complexity index is 464. The van der Waals surface area contributed by atoms with Crippen molar-refractivity contribution in [3.63, 3.8) is 0 Å². The van der Waals surface area contributed by atoms with Crippen LogP contribution in [0.5, 0.6) is 11.5 Å². The van der Waals surface area contributed by atoms with E-state index >= 15 is 0 Å². The van der Waals surface area contributed by atoms with Crippen molar-refractivity contribution in [2.75, 3.05) is 19.8 Å². The third kappa shape index (κ3) is 3.03. The zero-order chi connectivity index (χ0) is 13.5. The molecule has 3 heteroatoms. The Kier molecular flexibility index (Phi) is 3.17. The molecule has 19 heavy (non-hydrogen) atoms. The highest BCUT2D eigenvalue weighted by Crippen LogP contribution is 2.49. The lowest BCUT2D eigenvalue weighted by Crippen LogP contribution is -2.37. The first-order valence-corrected chi connectivity index (χ1v) is 7.17. The molecule has 1 fully saturated rings. The van der Waals surface area contributed by atoms with Gasteiger partial charge in [-0.3, -0.25) is 0 Å². The van der Waals surface area contributed by atoms with Gasteiger partial charge in [0.25, 0.3) is 0 Å². The molecule has 1 aliphatic carbocycles. The maximum atomic E-state index is 5.65. The van der Waals surface area contributed by atoms with Gasteiger partial charge in [0, 0.05) is 5.54 Å². The predicted octanol–water partition coefficient (Wildman–Crippen LogP) is 2.95. The lowest BCUT2D eigenvalue weighted by atomic mass is 10.1. The zero-order valence-corrected chi connectivity index (χ0v) is 12.0. The van der Waals surface area contributed by atoms with Crippen molar-refractivity contribution in [3.05, 3.63) is 23.8 Å². The Morgan fingerprint density at radius 1 is 1.16 bits per heavy atom. The molecule has 1 saturated carbocycles. The summed E-state index contributed by atoms with van der Waals surface area (Å²) in [4.78, 5) is 0. The van der Waals surface area contributed by atoms with Gasteiger partial charge in [0.2, 0.25) is 0 Å². The predicted molar refractivity (Wildman–Crippen MR) is 76.0 cm³/mol. The van der Waals surface area contributed by atoms with Crippen LogP contribution < -0.4 is 14.8 Å². The van der Waals surface area contributed by atoms with E-state index in [1.54, 1.807) is 0 Å². The Hall–Kier alpha value is -1.22. The van der Waals surface area contributed by atoms with Gasteiger partial charge in [-0.2, -0.15) is 0 Å². The molecule has 1 N–H and O–H groups in total. The second-order valence-corrected chi connectivity index (χ2v) is 6.64. The molecule has 0 spiro atoms. The first-order chi connectivity index (χ1) is 9.03. The lowest BCUT2D eigenvalue weighted by Gasteiger charge is -2.21. The van der Waals surface area contributed by atoms with Gasteiger partial charge >= 0.3 is 0 Å². The number of ether oxygens (including phenoxy) is 2. The van der Waals surface area contributed by atoms with E-state index in [1.165, 1.54) is 12.0 Å². The van der Waals surface area contributed by atoms with Gasteiger partial charge in [-0.1, -0.05) is 6.07 Å². The van der Waals surface area contributed by atoms with Crippen molar-refractivity contribution >= 4 is 0 Å². The SMILES string of the molecule is CC(C)(C)NCC1CC1c1ccc2c(c1)OCCO2. The largest absolute Gasteiger partial charge is 0.486 e. The van der Waals surface area contributed by atoms with Gasteiger partial charge in [-0.25, -0.2) is 0 Å². The van der Waals surface area contributed by atoms with Crippen LogP contribution in [0.4, 0.5) is 0 Å². The summed E-state index contributed by atoms with van der Waals surface area (Å²) in [6.45, 7) is 9.07. The second-order valence-electron chi connectivity index (χ2n) is 6.64. The summed E-state index contributed by atoms with van der Waals surface area (Å²) in [5.41, 5.74) is 1.60. The van der Waals surface area contributed by atoms with E-state index in [0.717, 1.165) is 24.0 Å². The molecular formula is C16H23NO2. The number of fused-ring (bicyclic) bond motifs is 1. The van der Waals surface area contributed by atoms with Gasteiger partial charge in [-0.05, 0) is 63.3 Å². The molecule has 0 bridgehead atoms. The van der Waals surface area contributed by atoms with Crippen LogP contribution in [0.15, 0.2) is 18.2 Å². The fourth-order valence-corrected chi connectivity index (χ4v) is 2.61. The van der Waals surface area contributed by atoms with Crippen molar-refractivity contribution in [2.24, 2.45) is 5.92 Å². The van der Waals surface area contributed by atoms with Gasteiger partial charge in [0.05, 0.1) is 0 Å². The third-order valence-corrected chi connectivity index (χ3v) is 3.81. The fourth-order valence-electron chi connectivity index (χ4n) is 2.61. The summed E-state index contributed by atoms with van der Waals surface area (Å²) in [5.74, 6) is 3.26. The Morgan fingerprint density at radius 2 is 1.89 bits per heavy atom. The minimum Gasteiger partial charge on any atom is -0.486 e. The Morgan fingerprint density at radius 3 is 2.63 bits per heavy atom. The highest BCUT2D eigenvalue weighted by atomic mass is 16.6. The standard InChI is InChI=1S/C16H23NO2/c1-16(2,3)17-10-12-8-13(12)11-4-5-14-15(9-11)19-7-6-18-14/h4-5,9,12-13,17H,6-8,10H2,1-3H3. The summed E-state index contributed by atoms with van der Waals surface area (Å²) in [7, 11) is 0. The minimum absolute atomic E-state index is 0.208. The molecule has 1 aromatic rings. The normalized spacial score (nSPS) is 25.2. The van der Waals surface area contributed by atoms with Crippen molar-refractivity contribution in [3.8, 4) is 11.5 Å². The smallest absolute Gasteiger partial charge is 0.161 e. The fraction of sp³-hybridized carbons (Fsp3) is 0.625. The molecule has 0 aromatic heterocycles. The van der Waals surface area contributed by atoms with Crippen molar-refractivity contribution in [1.82, 2.24) is 5.32 Å². The molecule has 1 aliphatic heterocycles. The maximum Gasteiger partial charge on any atom is 0.161 e. The average Bonchev–Trinajstić information content (AvgIpc) is 3.14. The first kappa shape index (κ1) is 12.8. The molecule has 2 unspecified atom stereocenters. The van der Waals surface area contributed by atoms with Crippen LogP contribution in [0.1, 0.15) is 38.7 Å². The Balaban J connectivity index is 1.62. The van der Waals surface area contributed by atoms with E-state index in [9.17, 15) is 0 Å². The molecule has 0 radical (unpaired) electrons. The monoisotopic (exact) mass is 261 g/mol. The number of rotatable bonds is 3. The second kappa shape index (κ2) is 4.71. The van der Waals surface area contributed by atoms with E-state index in [2.05, 4.69) is 44.3 Å².